The molecule has 1 heterocycles. The first-order valence-corrected chi connectivity index (χ1v) is 9.06. The first kappa shape index (κ1) is 19.6. The lowest BCUT2D eigenvalue weighted by molar-refractivity contribution is -0.140. The molecule has 6 heteroatoms. The highest BCUT2D eigenvalue weighted by atomic mass is 16.5. The van der Waals surface area contributed by atoms with Crippen molar-refractivity contribution in [3.63, 3.8) is 0 Å². The lowest BCUT2D eigenvalue weighted by Crippen LogP contribution is -2.35. The van der Waals surface area contributed by atoms with Crippen LogP contribution in [0.2, 0.25) is 0 Å². The number of Topliss-reactive ketones (excluding diaryl/α,β-unsaturated/α-hetero) is 1. The van der Waals surface area contributed by atoms with E-state index in [1.807, 2.05) is 49.3 Å². The van der Waals surface area contributed by atoms with Crippen molar-refractivity contribution in [2.75, 3.05) is 34.3 Å². The predicted molar refractivity (Wildman–Crippen MR) is 107 cm³/mol. The number of amides is 1. The van der Waals surface area contributed by atoms with Gasteiger partial charge in [0.2, 0.25) is 0 Å². The minimum absolute atomic E-state index is 0.111. The summed E-state index contributed by atoms with van der Waals surface area (Å²) in [6.07, 6.45) is 0. The summed E-state index contributed by atoms with van der Waals surface area (Å²) in [6, 6.07) is 15.4. The normalized spacial score (nSPS) is 18.7. The quantitative estimate of drug-likeness (QED) is 0.474. The van der Waals surface area contributed by atoms with Crippen LogP contribution in [0.15, 0.2) is 60.2 Å². The number of ether oxygens (including phenoxy) is 1. The highest BCUT2D eigenvalue weighted by Crippen LogP contribution is 2.39. The van der Waals surface area contributed by atoms with E-state index in [4.69, 9.17) is 4.74 Å². The summed E-state index contributed by atoms with van der Waals surface area (Å²) in [5.74, 6) is -0.795. The van der Waals surface area contributed by atoms with Crippen molar-refractivity contribution < 1.29 is 19.4 Å². The van der Waals surface area contributed by atoms with Gasteiger partial charge in [-0.15, -0.1) is 0 Å². The summed E-state index contributed by atoms with van der Waals surface area (Å²) in [5.41, 5.74) is 1.36. The third-order valence-electron chi connectivity index (χ3n) is 4.81. The zero-order chi connectivity index (χ0) is 20.3. The van der Waals surface area contributed by atoms with E-state index in [2.05, 4.69) is 0 Å². The maximum atomic E-state index is 12.8. The van der Waals surface area contributed by atoms with Crippen LogP contribution in [0, 0.1) is 0 Å². The Morgan fingerprint density at radius 3 is 2.29 bits per heavy atom. The zero-order valence-corrected chi connectivity index (χ0v) is 16.3. The molecule has 2 aromatic carbocycles. The van der Waals surface area contributed by atoms with Gasteiger partial charge < -0.3 is 19.6 Å². The number of ketones is 1. The topological polar surface area (TPSA) is 70.1 Å². The number of rotatable bonds is 6. The minimum Gasteiger partial charge on any atom is -0.507 e. The molecule has 1 saturated heterocycles. The molecule has 3 rings (SSSR count). The van der Waals surface area contributed by atoms with Gasteiger partial charge in [0.15, 0.2) is 0 Å². The smallest absolute Gasteiger partial charge is 0.295 e. The highest BCUT2D eigenvalue weighted by Gasteiger charge is 2.45. The molecule has 1 aliphatic heterocycles. The Balaban J connectivity index is 2.10. The molecule has 146 valence electrons. The van der Waals surface area contributed by atoms with Crippen LogP contribution in [-0.2, 0) is 9.59 Å². The van der Waals surface area contributed by atoms with Crippen molar-refractivity contribution in [3.05, 3.63) is 71.3 Å². The number of carbonyl (C=O) groups excluding carboxylic acids is 2. The van der Waals surface area contributed by atoms with Gasteiger partial charge in [-0.2, -0.15) is 0 Å². The Hall–Kier alpha value is -3.12. The average molecular weight is 380 g/mol. The van der Waals surface area contributed by atoms with E-state index in [0.717, 1.165) is 5.56 Å². The van der Waals surface area contributed by atoms with Crippen molar-refractivity contribution in [3.8, 4) is 5.75 Å². The molecule has 0 bridgehead atoms. The number of methoxy groups -OCH3 is 1. The Labute approximate surface area is 164 Å². The van der Waals surface area contributed by atoms with E-state index in [1.165, 1.54) is 4.90 Å². The number of hydrogen-bond acceptors (Lipinski definition) is 5. The molecule has 1 atom stereocenters. The zero-order valence-electron chi connectivity index (χ0n) is 16.3. The molecule has 6 nitrogen and oxygen atoms in total. The van der Waals surface area contributed by atoms with Crippen molar-refractivity contribution >= 4 is 17.4 Å². The molecular formula is C22H24N2O4. The van der Waals surface area contributed by atoms with Gasteiger partial charge in [0, 0.05) is 18.7 Å². The van der Waals surface area contributed by atoms with Crippen LogP contribution >= 0.6 is 0 Å². The number of likely N-dealkylation sites (N-methyl/N-ethyl adjacent to an activating group) is 1. The minimum atomic E-state index is -0.666. The lowest BCUT2D eigenvalue weighted by atomic mass is 9.95. The molecule has 1 N–H and O–H groups in total. The van der Waals surface area contributed by atoms with E-state index in [-0.39, 0.29) is 11.3 Å². The molecule has 2 aromatic rings. The fraction of sp³-hybridized carbons (Fsp3) is 0.273. The Kier molecular flexibility index (Phi) is 5.80. The molecule has 0 aliphatic carbocycles. The lowest BCUT2D eigenvalue weighted by Gasteiger charge is -2.26. The third-order valence-corrected chi connectivity index (χ3v) is 4.81. The maximum Gasteiger partial charge on any atom is 0.295 e. The molecule has 1 fully saturated rings. The highest BCUT2D eigenvalue weighted by molar-refractivity contribution is 6.46. The molecule has 28 heavy (non-hydrogen) atoms. The van der Waals surface area contributed by atoms with Crippen LogP contribution in [0.1, 0.15) is 17.2 Å². The van der Waals surface area contributed by atoms with E-state index in [0.29, 0.717) is 24.4 Å². The van der Waals surface area contributed by atoms with Crippen LogP contribution < -0.4 is 4.74 Å². The standard InChI is InChI=1S/C22H24N2O4/c1-23(2)13-14-24-19(15-7-5-4-6-8-15)18(21(26)22(24)27)20(25)16-9-11-17(28-3)12-10-16/h4-12,19,25H,13-14H2,1-3H3/b20-18-. The summed E-state index contributed by atoms with van der Waals surface area (Å²) in [5, 5.41) is 10.9. The molecule has 0 saturated carbocycles. The first-order valence-electron chi connectivity index (χ1n) is 9.06. The SMILES string of the molecule is COc1ccc(/C(O)=C2/C(=O)C(=O)N(CCN(C)C)C2c2ccccc2)cc1. The fourth-order valence-corrected chi connectivity index (χ4v) is 3.30. The van der Waals surface area contributed by atoms with Crippen molar-refractivity contribution in [1.82, 2.24) is 9.80 Å². The summed E-state index contributed by atoms with van der Waals surface area (Å²) >= 11 is 0. The third kappa shape index (κ3) is 3.77. The number of aliphatic hydroxyl groups is 1. The van der Waals surface area contributed by atoms with Gasteiger partial charge in [-0.3, -0.25) is 9.59 Å². The molecule has 1 unspecified atom stereocenters. The summed E-state index contributed by atoms with van der Waals surface area (Å²) in [6.45, 7) is 0.995. The Bertz CT molecular complexity index is 889. The summed E-state index contributed by atoms with van der Waals surface area (Å²) in [7, 11) is 5.37. The largest absolute Gasteiger partial charge is 0.507 e. The van der Waals surface area contributed by atoms with E-state index < -0.39 is 17.7 Å². The number of nitrogens with zero attached hydrogens (tertiary/aromatic N) is 2. The van der Waals surface area contributed by atoms with Gasteiger partial charge in [-0.1, -0.05) is 30.3 Å². The van der Waals surface area contributed by atoms with E-state index in [9.17, 15) is 14.7 Å². The summed E-state index contributed by atoms with van der Waals surface area (Å²) in [4.78, 5) is 29.1. The monoisotopic (exact) mass is 380 g/mol. The van der Waals surface area contributed by atoms with Gasteiger partial charge in [-0.25, -0.2) is 0 Å². The number of benzene rings is 2. The van der Waals surface area contributed by atoms with Crippen LogP contribution in [0.4, 0.5) is 0 Å². The molecule has 0 radical (unpaired) electrons. The van der Waals surface area contributed by atoms with Gasteiger partial charge in [0.25, 0.3) is 11.7 Å². The van der Waals surface area contributed by atoms with Crippen LogP contribution in [0.25, 0.3) is 5.76 Å². The number of aliphatic hydroxyl groups excluding tert-OH is 1. The number of likely N-dealkylation sites (tertiary alicyclic amines) is 1. The van der Waals surface area contributed by atoms with Crippen molar-refractivity contribution in [2.45, 2.75) is 6.04 Å². The van der Waals surface area contributed by atoms with Crippen molar-refractivity contribution in [1.29, 1.82) is 0 Å². The van der Waals surface area contributed by atoms with E-state index >= 15 is 0 Å². The Morgan fingerprint density at radius 1 is 1.07 bits per heavy atom. The number of carbonyl (C=O) groups is 2. The molecule has 0 spiro atoms. The molecule has 0 aromatic heterocycles. The molecule has 1 amide bonds. The second-order valence-corrected chi connectivity index (χ2v) is 6.93. The number of hydrogen-bond donors (Lipinski definition) is 1. The summed E-state index contributed by atoms with van der Waals surface area (Å²) < 4.78 is 5.14. The average Bonchev–Trinajstić information content (AvgIpc) is 2.97. The predicted octanol–water partition coefficient (Wildman–Crippen LogP) is 2.68. The van der Waals surface area contributed by atoms with Gasteiger partial charge in [0.05, 0.1) is 18.7 Å². The fourth-order valence-electron chi connectivity index (χ4n) is 3.30. The van der Waals surface area contributed by atoms with E-state index in [1.54, 1.807) is 31.4 Å². The van der Waals surface area contributed by atoms with Crippen LogP contribution in [0.5, 0.6) is 5.75 Å². The molecule has 1 aliphatic rings. The maximum absolute atomic E-state index is 12.8. The second-order valence-electron chi connectivity index (χ2n) is 6.93. The van der Waals surface area contributed by atoms with Crippen LogP contribution in [0.3, 0.4) is 0 Å². The van der Waals surface area contributed by atoms with Gasteiger partial charge >= 0.3 is 0 Å². The Morgan fingerprint density at radius 2 is 1.71 bits per heavy atom. The second kappa shape index (κ2) is 8.27. The van der Waals surface area contributed by atoms with Crippen LogP contribution in [-0.4, -0.2) is 60.9 Å². The molecular weight excluding hydrogens is 356 g/mol. The van der Waals surface area contributed by atoms with Gasteiger partial charge in [0.1, 0.15) is 11.5 Å². The van der Waals surface area contributed by atoms with Gasteiger partial charge in [-0.05, 0) is 43.9 Å². The van der Waals surface area contributed by atoms with Crippen molar-refractivity contribution in [2.24, 2.45) is 0 Å². The first-order chi connectivity index (χ1) is 13.4.